The van der Waals surface area contributed by atoms with E-state index >= 15 is 0 Å². The molecule has 5 heteroatoms. The van der Waals surface area contributed by atoms with Gasteiger partial charge in [-0.15, -0.1) is 0 Å². The molecule has 0 aromatic heterocycles. The van der Waals surface area contributed by atoms with Crippen molar-refractivity contribution in [1.82, 2.24) is 0 Å². The molecule has 1 aromatic carbocycles. The fourth-order valence-corrected chi connectivity index (χ4v) is 1.74. The second kappa shape index (κ2) is 6.48. The van der Waals surface area contributed by atoms with E-state index in [0.29, 0.717) is 5.56 Å². The van der Waals surface area contributed by atoms with Gasteiger partial charge < -0.3 is 4.74 Å². The number of ether oxygens (including phenoxy) is 1. The molecule has 0 atom stereocenters. The second-order valence-electron chi connectivity index (χ2n) is 3.25. The predicted molar refractivity (Wildman–Crippen MR) is 69.7 cm³/mol. The Labute approximate surface area is 112 Å². The lowest BCUT2D eigenvalue weighted by atomic mass is 10.1. The quantitative estimate of drug-likeness (QED) is 0.269. The van der Waals surface area contributed by atoms with Crippen LogP contribution in [0.2, 0.25) is 0 Å². The number of benzene rings is 1. The third kappa shape index (κ3) is 4.26. The van der Waals surface area contributed by atoms with Crippen LogP contribution in [0, 0.1) is 3.57 Å². The summed E-state index contributed by atoms with van der Waals surface area (Å²) in [6.07, 6.45) is -0.446. The van der Waals surface area contributed by atoms with Crippen molar-refractivity contribution in [2.24, 2.45) is 0 Å². The highest BCUT2D eigenvalue weighted by Crippen LogP contribution is 2.10. The monoisotopic (exact) mass is 346 g/mol. The highest BCUT2D eigenvalue weighted by molar-refractivity contribution is 14.1. The Balaban J connectivity index is 2.67. The normalized spacial score (nSPS) is 9.76. The van der Waals surface area contributed by atoms with E-state index in [-0.39, 0.29) is 12.4 Å². The minimum atomic E-state index is -0.952. The summed E-state index contributed by atoms with van der Waals surface area (Å²) in [5.41, 5.74) is 0.426. The minimum Gasteiger partial charge on any atom is -0.460 e. The van der Waals surface area contributed by atoms with Gasteiger partial charge in [0.05, 0.1) is 13.0 Å². The average molecular weight is 346 g/mol. The van der Waals surface area contributed by atoms with Crippen LogP contribution in [0.15, 0.2) is 24.3 Å². The lowest BCUT2D eigenvalue weighted by Gasteiger charge is -2.01. The smallest absolute Gasteiger partial charge is 0.375 e. The maximum absolute atomic E-state index is 11.7. The molecule has 0 radical (unpaired) electrons. The Morgan fingerprint density at radius 3 is 2.59 bits per heavy atom. The van der Waals surface area contributed by atoms with Crippen molar-refractivity contribution in [3.63, 3.8) is 0 Å². The van der Waals surface area contributed by atoms with Crippen molar-refractivity contribution in [3.05, 3.63) is 33.4 Å². The number of hydrogen-bond donors (Lipinski definition) is 0. The lowest BCUT2D eigenvalue weighted by Crippen LogP contribution is -2.20. The number of carbonyl (C=O) groups is 3. The molecule has 0 aliphatic carbocycles. The molecule has 0 heterocycles. The van der Waals surface area contributed by atoms with E-state index < -0.39 is 18.2 Å². The number of Topliss-reactive ketones (excluding diaryl/α,β-unsaturated/α-hetero) is 2. The first-order valence-corrected chi connectivity index (χ1v) is 6.11. The van der Waals surface area contributed by atoms with Gasteiger partial charge in [0.1, 0.15) is 0 Å². The summed E-state index contributed by atoms with van der Waals surface area (Å²) in [7, 11) is 0. The molecule has 0 saturated carbocycles. The maximum atomic E-state index is 11.7. The van der Waals surface area contributed by atoms with E-state index in [1.54, 1.807) is 25.1 Å². The molecule has 0 spiro atoms. The Morgan fingerprint density at radius 2 is 2.00 bits per heavy atom. The third-order valence-electron chi connectivity index (χ3n) is 1.97. The van der Waals surface area contributed by atoms with Gasteiger partial charge in [-0.25, -0.2) is 4.79 Å². The number of hydrogen-bond acceptors (Lipinski definition) is 4. The summed E-state index contributed by atoms with van der Waals surface area (Å²) in [5.74, 6) is -2.14. The largest absolute Gasteiger partial charge is 0.460 e. The SMILES string of the molecule is CCOC(=O)C(=O)CC(=O)c1cccc(I)c1. The molecule has 0 aliphatic heterocycles. The van der Waals surface area contributed by atoms with Gasteiger partial charge in [-0.05, 0) is 41.6 Å². The van der Waals surface area contributed by atoms with Crippen molar-refractivity contribution in [1.29, 1.82) is 0 Å². The molecule has 0 N–H and O–H groups in total. The average Bonchev–Trinajstić information content (AvgIpc) is 2.29. The number of ketones is 2. The van der Waals surface area contributed by atoms with Gasteiger partial charge in [0, 0.05) is 9.13 Å². The Hall–Kier alpha value is -1.24. The van der Waals surface area contributed by atoms with Crippen molar-refractivity contribution in [3.8, 4) is 0 Å². The first kappa shape index (κ1) is 13.8. The predicted octanol–water partition coefficient (Wildman–Crippen LogP) is 2.00. The number of esters is 1. The summed E-state index contributed by atoms with van der Waals surface area (Å²) >= 11 is 2.07. The molecule has 4 nitrogen and oxygen atoms in total. The molecule has 0 fully saturated rings. The standard InChI is InChI=1S/C12H11IO4/c1-2-17-12(16)11(15)7-10(14)8-4-3-5-9(13)6-8/h3-6H,2,7H2,1H3. The zero-order chi connectivity index (χ0) is 12.8. The van der Waals surface area contributed by atoms with Gasteiger partial charge in [-0.2, -0.15) is 0 Å². The van der Waals surface area contributed by atoms with E-state index in [0.717, 1.165) is 3.57 Å². The maximum Gasteiger partial charge on any atom is 0.375 e. The molecule has 0 amide bonds. The van der Waals surface area contributed by atoms with Crippen LogP contribution in [-0.4, -0.2) is 24.1 Å². The molecular weight excluding hydrogens is 335 g/mol. The van der Waals surface area contributed by atoms with E-state index in [4.69, 9.17) is 0 Å². The molecule has 17 heavy (non-hydrogen) atoms. The molecule has 0 aliphatic rings. The zero-order valence-electron chi connectivity index (χ0n) is 9.23. The van der Waals surface area contributed by atoms with Crippen LogP contribution < -0.4 is 0 Å². The highest BCUT2D eigenvalue weighted by atomic mass is 127. The van der Waals surface area contributed by atoms with Gasteiger partial charge in [-0.3, -0.25) is 9.59 Å². The van der Waals surface area contributed by atoms with Crippen LogP contribution in [0.3, 0.4) is 0 Å². The summed E-state index contributed by atoms with van der Waals surface area (Å²) in [6.45, 7) is 1.73. The topological polar surface area (TPSA) is 60.4 Å². The van der Waals surface area contributed by atoms with Crippen LogP contribution in [0.4, 0.5) is 0 Å². The highest BCUT2D eigenvalue weighted by Gasteiger charge is 2.19. The van der Waals surface area contributed by atoms with Crippen LogP contribution in [0.25, 0.3) is 0 Å². The molecule has 1 aromatic rings. The van der Waals surface area contributed by atoms with E-state index in [2.05, 4.69) is 27.3 Å². The van der Waals surface area contributed by atoms with Crippen LogP contribution in [-0.2, 0) is 14.3 Å². The van der Waals surface area contributed by atoms with Crippen molar-refractivity contribution < 1.29 is 19.1 Å². The Bertz CT molecular complexity index is 454. The molecular formula is C12H11IO4. The molecule has 1 rings (SSSR count). The molecule has 0 unspecified atom stereocenters. The van der Waals surface area contributed by atoms with Crippen LogP contribution >= 0.6 is 22.6 Å². The van der Waals surface area contributed by atoms with Gasteiger partial charge >= 0.3 is 5.97 Å². The van der Waals surface area contributed by atoms with E-state index in [9.17, 15) is 14.4 Å². The first-order valence-electron chi connectivity index (χ1n) is 5.03. The fourth-order valence-electron chi connectivity index (χ4n) is 1.19. The van der Waals surface area contributed by atoms with Crippen LogP contribution in [0.1, 0.15) is 23.7 Å². The number of halogens is 1. The van der Waals surface area contributed by atoms with E-state index in [1.165, 1.54) is 0 Å². The second-order valence-corrected chi connectivity index (χ2v) is 4.50. The summed E-state index contributed by atoms with van der Waals surface area (Å²) in [6, 6.07) is 6.85. The summed E-state index contributed by atoms with van der Waals surface area (Å²) in [5, 5.41) is 0. The molecule has 0 saturated heterocycles. The minimum absolute atomic E-state index is 0.127. The van der Waals surface area contributed by atoms with Crippen molar-refractivity contribution in [2.75, 3.05) is 6.61 Å². The summed E-state index contributed by atoms with van der Waals surface area (Å²) in [4.78, 5) is 34.0. The first-order chi connectivity index (χ1) is 8.04. The summed E-state index contributed by atoms with van der Waals surface area (Å²) < 4.78 is 5.42. The Kier molecular flexibility index (Phi) is 5.27. The number of carbonyl (C=O) groups excluding carboxylic acids is 3. The van der Waals surface area contributed by atoms with E-state index in [1.807, 2.05) is 6.07 Å². The van der Waals surface area contributed by atoms with Gasteiger partial charge in [0.15, 0.2) is 5.78 Å². The van der Waals surface area contributed by atoms with Gasteiger partial charge in [-0.1, -0.05) is 12.1 Å². The Morgan fingerprint density at radius 1 is 1.29 bits per heavy atom. The van der Waals surface area contributed by atoms with Crippen molar-refractivity contribution in [2.45, 2.75) is 13.3 Å². The van der Waals surface area contributed by atoms with Crippen molar-refractivity contribution >= 4 is 40.1 Å². The molecule has 90 valence electrons. The van der Waals surface area contributed by atoms with Gasteiger partial charge in [0.25, 0.3) is 0 Å². The van der Waals surface area contributed by atoms with Crippen LogP contribution in [0.5, 0.6) is 0 Å². The molecule has 0 bridgehead atoms. The zero-order valence-corrected chi connectivity index (χ0v) is 11.4. The lowest BCUT2D eigenvalue weighted by molar-refractivity contribution is -0.153. The third-order valence-corrected chi connectivity index (χ3v) is 2.64. The number of rotatable bonds is 5. The fraction of sp³-hybridized carbons (Fsp3) is 0.250. The van der Waals surface area contributed by atoms with Gasteiger partial charge in [0.2, 0.25) is 5.78 Å².